The number of ether oxygens (including phenoxy) is 3. The third-order valence-electron chi connectivity index (χ3n) is 5.59. The third kappa shape index (κ3) is 5.25. The number of nitrogens with one attached hydrogen (secondary N) is 1. The van der Waals surface area contributed by atoms with Crippen LogP contribution in [0.1, 0.15) is 41.3 Å². The van der Waals surface area contributed by atoms with Gasteiger partial charge in [-0.1, -0.05) is 19.1 Å². The molecule has 162 valence electrons. The number of amides is 1. The summed E-state index contributed by atoms with van der Waals surface area (Å²) >= 11 is 0. The number of piperidine rings is 1. The van der Waals surface area contributed by atoms with Gasteiger partial charge in [-0.3, -0.25) is 9.69 Å². The van der Waals surface area contributed by atoms with Crippen molar-refractivity contribution in [2.45, 2.75) is 32.9 Å². The Labute approximate surface area is 179 Å². The Bertz CT molecular complexity index is 851. The number of rotatable bonds is 8. The van der Waals surface area contributed by atoms with E-state index in [0.29, 0.717) is 29.4 Å². The molecule has 1 amide bonds. The van der Waals surface area contributed by atoms with Crippen LogP contribution in [0.2, 0.25) is 0 Å². The zero-order valence-corrected chi connectivity index (χ0v) is 18.4. The van der Waals surface area contributed by atoms with E-state index in [1.165, 1.54) is 18.4 Å². The van der Waals surface area contributed by atoms with Crippen LogP contribution in [0.4, 0.5) is 0 Å². The van der Waals surface area contributed by atoms with Gasteiger partial charge >= 0.3 is 0 Å². The lowest BCUT2D eigenvalue weighted by molar-refractivity contribution is 0.0950. The SMILES string of the molecule is COc1ccc(CNC(=O)c2ccc(CN3CCC[C@H](C)C3)cc2)c(OC)c1OC. The normalized spacial score (nSPS) is 16.7. The summed E-state index contributed by atoms with van der Waals surface area (Å²) in [5.41, 5.74) is 2.70. The Hall–Kier alpha value is -2.73. The Kier molecular flexibility index (Phi) is 7.57. The summed E-state index contributed by atoms with van der Waals surface area (Å²) in [6.45, 7) is 5.88. The number of hydrogen-bond donors (Lipinski definition) is 1. The maximum atomic E-state index is 12.6. The molecule has 1 atom stereocenters. The Morgan fingerprint density at radius 3 is 2.40 bits per heavy atom. The van der Waals surface area contributed by atoms with E-state index in [4.69, 9.17) is 14.2 Å². The highest BCUT2D eigenvalue weighted by Gasteiger charge is 2.18. The second kappa shape index (κ2) is 10.3. The van der Waals surface area contributed by atoms with Crippen LogP contribution in [0.15, 0.2) is 36.4 Å². The van der Waals surface area contributed by atoms with Gasteiger partial charge in [-0.15, -0.1) is 0 Å². The predicted molar refractivity (Wildman–Crippen MR) is 117 cm³/mol. The van der Waals surface area contributed by atoms with Gasteiger partial charge in [-0.2, -0.15) is 0 Å². The fourth-order valence-electron chi connectivity index (χ4n) is 4.03. The monoisotopic (exact) mass is 412 g/mol. The van der Waals surface area contributed by atoms with Gasteiger partial charge in [0.25, 0.3) is 5.91 Å². The van der Waals surface area contributed by atoms with Gasteiger partial charge in [-0.25, -0.2) is 0 Å². The Morgan fingerprint density at radius 2 is 1.77 bits per heavy atom. The highest BCUT2D eigenvalue weighted by atomic mass is 16.5. The fraction of sp³-hybridized carbons (Fsp3) is 0.458. The molecule has 2 aromatic rings. The molecule has 3 rings (SSSR count). The average molecular weight is 413 g/mol. The molecule has 0 radical (unpaired) electrons. The molecular formula is C24H32N2O4. The molecule has 0 aromatic heterocycles. The minimum atomic E-state index is -0.120. The van der Waals surface area contributed by atoms with E-state index in [1.54, 1.807) is 27.4 Å². The lowest BCUT2D eigenvalue weighted by Crippen LogP contribution is -2.33. The molecule has 1 N–H and O–H groups in total. The largest absolute Gasteiger partial charge is 0.493 e. The van der Waals surface area contributed by atoms with E-state index in [-0.39, 0.29) is 5.91 Å². The van der Waals surface area contributed by atoms with E-state index in [0.717, 1.165) is 31.1 Å². The van der Waals surface area contributed by atoms with Crippen molar-refractivity contribution in [3.8, 4) is 17.2 Å². The van der Waals surface area contributed by atoms with Gasteiger partial charge in [0.15, 0.2) is 11.5 Å². The first kappa shape index (κ1) is 22.0. The molecule has 6 heteroatoms. The smallest absolute Gasteiger partial charge is 0.251 e. The molecule has 0 aliphatic carbocycles. The van der Waals surface area contributed by atoms with E-state index in [9.17, 15) is 4.79 Å². The number of hydrogen-bond acceptors (Lipinski definition) is 5. The standard InChI is InChI=1S/C24H32N2O4/c1-17-6-5-13-26(15-17)16-18-7-9-19(10-8-18)24(27)25-14-20-11-12-21(28-2)23(30-4)22(20)29-3/h7-12,17H,5-6,13-16H2,1-4H3,(H,25,27)/t17-/m0/s1. The molecule has 30 heavy (non-hydrogen) atoms. The number of benzene rings is 2. The molecule has 1 saturated heterocycles. The number of likely N-dealkylation sites (tertiary alicyclic amines) is 1. The molecule has 1 aliphatic rings. The van der Waals surface area contributed by atoms with Crippen LogP contribution in [0, 0.1) is 5.92 Å². The zero-order valence-electron chi connectivity index (χ0n) is 18.4. The molecule has 0 bridgehead atoms. The fourth-order valence-corrected chi connectivity index (χ4v) is 4.03. The number of nitrogens with zero attached hydrogens (tertiary/aromatic N) is 1. The van der Waals surface area contributed by atoms with Crippen LogP contribution in [-0.2, 0) is 13.1 Å². The minimum absolute atomic E-state index is 0.120. The van der Waals surface area contributed by atoms with Gasteiger partial charge in [0, 0.05) is 30.8 Å². The highest BCUT2D eigenvalue weighted by Crippen LogP contribution is 2.39. The maximum absolute atomic E-state index is 12.6. The second-order valence-corrected chi connectivity index (χ2v) is 7.86. The average Bonchev–Trinajstić information content (AvgIpc) is 2.77. The molecule has 1 fully saturated rings. The minimum Gasteiger partial charge on any atom is -0.493 e. The summed E-state index contributed by atoms with van der Waals surface area (Å²) in [5, 5.41) is 2.96. The molecule has 1 aliphatic heterocycles. The highest BCUT2D eigenvalue weighted by molar-refractivity contribution is 5.94. The van der Waals surface area contributed by atoms with E-state index in [2.05, 4.69) is 17.1 Å². The molecule has 6 nitrogen and oxygen atoms in total. The van der Waals surface area contributed by atoms with Gasteiger partial charge in [-0.05, 0) is 55.1 Å². The van der Waals surface area contributed by atoms with Crippen molar-refractivity contribution in [1.29, 1.82) is 0 Å². The van der Waals surface area contributed by atoms with Crippen molar-refractivity contribution >= 4 is 5.91 Å². The first-order valence-corrected chi connectivity index (χ1v) is 10.4. The molecule has 2 aromatic carbocycles. The van der Waals surface area contributed by atoms with Crippen molar-refractivity contribution in [3.05, 3.63) is 53.1 Å². The predicted octanol–water partition coefficient (Wildman–Crippen LogP) is 3.87. The Balaban J connectivity index is 1.61. The van der Waals surface area contributed by atoms with Crippen molar-refractivity contribution in [1.82, 2.24) is 10.2 Å². The van der Waals surface area contributed by atoms with Crippen LogP contribution >= 0.6 is 0 Å². The van der Waals surface area contributed by atoms with Gasteiger partial charge < -0.3 is 19.5 Å². The van der Waals surface area contributed by atoms with Crippen molar-refractivity contribution in [3.63, 3.8) is 0 Å². The first-order valence-electron chi connectivity index (χ1n) is 10.4. The lowest BCUT2D eigenvalue weighted by Gasteiger charge is -2.30. The van der Waals surface area contributed by atoms with Gasteiger partial charge in [0.1, 0.15) is 0 Å². The summed E-state index contributed by atoms with van der Waals surface area (Å²) < 4.78 is 16.2. The molecule has 0 saturated carbocycles. The van der Waals surface area contributed by atoms with E-state index < -0.39 is 0 Å². The molecule has 1 heterocycles. The summed E-state index contributed by atoms with van der Waals surface area (Å²) in [6.07, 6.45) is 2.59. The van der Waals surface area contributed by atoms with Crippen LogP contribution in [0.25, 0.3) is 0 Å². The number of carbonyl (C=O) groups excluding carboxylic acids is 1. The molecule has 0 unspecified atom stereocenters. The van der Waals surface area contributed by atoms with Crippen molar-refractivity contribution in [2.24, 2.45) is 5.92 Å². The second-order valence-electron chi connectivity index (χ2n) is 7.86. The van der Waals surface area contributed by atoms with Crippen LogP contribution in [0.3, 0.4) is 0 Å². The maximum Gasteiger partial charge on any atom is 0.251 e. The van der Waals surface area contributed by atoms with Crippen molar-refractivity contribution in [2.75, 3.05) is 34.4 Å². The molecule has 0 spiro atoms. The number of carbonyl (C=O) groups is 1. The molecular weight excluding hydrogens is 380 g/mol. The summed E-state index contributed by atoms with van der Waals surface area (Å²) in [4.78, 5) is 15.1. The summed E-state index contributed by atoms with van der Waals surface area (Å²) in [7, 11) is 4.72. The number of methoxy groups -OCH3 is 3. The lowest BCUT2D eigenvalue weighted by atomic mass is 9.99. The van der Waals surface area contributed by atoms with Gasteiger partial charge in [0.05, 0.1) is 21.3 Å². The zero-order chi connectivity index (χ0) is 21.5. The van der Waals surface area contributed by atoms with E-state index in [1.807, 2.05) is 30.3 Å². The van der Waals surface area contributed by atoms with Crippen molar-refractivity contribution < 1.29 is 19.0 Å². The first-order chi connectivity index (χ1) is 14.5. The van der Waals surface area contributed by atoms with Crippen LogP contribution < -0.4 is 19.5 Å². The summed E-state index contributed by atoms with van der Waals surface area (Å²) in [6, 6.07) is 11.5. The quantitative estimate of drug-likeness (QED) is 0.713. The van der Waals surface area contributed by atoms with Crippen LogP contribution in [-0.4, -0.2) is 45.2 Å². The topological polar surface area (TPSA) is 60.0 Å². The van der Waals surface area contributed by atoms with E-state index >= 15 is 0 Å². The van der Waals surface area contributed by atoms with Gasteiger partial charge in [0.2, 0.25) is 5.75 Å². The third-order valence-corrected chi connectivity index (χ3v) is 5.59. The Morgan fingerprint density at radius 1 is 1.03 bits per heavy atom. The summed E-state index contributed by atoms with van der Waals surface area (Å²) in [5.74, 6) is 2.30. The van der Waals surface area contributed by atoms with Crippen LogP contribution in [0.5, 0.6) is 17.2 Å².